The number of benzene rings is 1. The van der Waals surface area contributed by atoms with Gasteiger partial charge >= 0.3 is 0 Å². The van der Waals surface area contributed by atoms with Crippen LogP contribution in [0.3, 0.4) is 0 Å². The van der Waals surface area contributed by atoms with Gasteiger partial charge in [-0.3, -0.25) is 4.99 Å². The lowest BCUT2D eigenvalue weighted by Gasteiger charge is -2.39. The third-order valence-corrected chi connectivity index (χ3v) is 6.16. The number of aliphatic imine (C=N–C) groups is 1. The van der Waals surface area contributed by atoms with Crippen LogP contribution in [-0.2, 0) is 10.2 Å². The molecule has 0 aromatic heterocycles. The van der Waals surface area contributed by atoms with E-state index in [9.17, 15) is 0 Å². The van der Waals surface area contributed by atoms with E-state index in [1.807, 2.05) is 7.05 Å². The Morgan fingerprint density at radius 2 is 2.12 bits per heavy atom. The van der Waals surface area contributed by atoms with Crippen molar-refractivity contribution in [1.29, 1.82) is 0 Å². The van der Waals surface area contributed by atoms with Gasteiger partial charge in [0.05, 0.1) is 6.61 Å². The molecule has 1 saturated carbocycles. The minimum absolute atomic E-state index is 0.234. The predicted octanol–water partition coefficient (Wildman–Crippen LogP) is 3.74. The number of ether oxygens (including phenoxy) is 1. The lowest BCUT2D eigenvalue weighted by atomic mass is 9.69. The molecule has 1 unspecified atom stereocenters. The van der Waals surface area contributed by atoms with Crippen LogP contribution in [-0.4, -0.2) is 51.3 Å². The summed E-state index contributed by atoms with van der Waals surface area (Å²) in [6.07, 6.45) is 7.70. The van der Waals surface area contributed by atoms with Crippen LogP contribution in [0.2, 0.25) is 0 Å². The number of guanidine groups is 1. The van der Waals surface area contributed by atoms with Crippen LogP contribution >= 0.6 is 0 Å². The summed E-state index contributed by atoms with van der Waals surface area (Å²) in [4.78, 5) is 6.82. The van der Waals surface area contributed by atoms with Gasteiger partial charge in [0.2, 0.25) is 0 Å². The number of rotatable bonds is 5. The first-order chi connectivity index (χ1) is 12.6. The van der Waals surface area contributed by atoms with Gasteiger partial charge in [0.15, 0.2) is 5.96 Å². The van der Waals surface area contributed by atoms with E-state index in [-0.39, 0.29) is 5.41 Å². The quantitative estimate of drug-likeness (QED) is 0.644. The molecule has 4 heteroatoms. The molecule has 1 aliphatic carbocycles. The molecule has 4 nitrogen and oxygen atoms in total. The normalized spacial score (nSPS) is 23.0. The first-order valence-electron chi connectivity index (χ1n) is 10.2. The number of nitrogens with one attached hydrogen (secondary N) is 1. The fourth-order valence-electron chi connectivity index (χ4n) is 4.61. The number of hydrogen-bond donors (Lipinski definition) is 1. The van der Waals surface area contributed by atoms with Crippen molar-refractivity contribution in [3.05, 3.63) is 35.4 Å². The van der Waals surface area contributed by atoms with Crippen molar-refractivity contribution in [2.24, 2.45) is 10.9 Å². The van der Waals surface area contributed by atoms with E-state index in [1.165, 1.54) is 43.2 Å². The zero-order valence-electron chi connectivity index (χ0n) is 16.8. The number of hydrogen-bond acceptors (Lipinski definition) is 2. The van der Waals surface area contributed by atoms with Gasteiger partial charge in [0, 0.05) is 45.1 Å². The van der Waals surface area contributed by atoms with Gasteiger partial charge in [-0.2, -0.15) is 0 Å². The van der Waals surface area contributed by atoms with Gasteiger partial charge in [-0.15, -0.1) is 0 Å². The maximum absolute atomic E-state index is 5.52. The molecule has 26 heavy (non-hydrogen) atoms. The fraction of sp³-hybridized carbons (Fsp3) is 0.682. The SMILES string of the molecule is CN=C(NCC1(c2cccc(C)c2)CCCCC1)N(C)CC1CCOC1. The summed E-state index contributed by atoms with van der Waals surface area (Å²) in [6.45, 7) is 5.96. The van der Waals surface area contributed by atoms with Gasteiger partial charge in [0.1, 0.15) is 0 Å². The molecule has 1 atom stereocenters. The standard InChI is InChI=1S/C22H35N3O/c1-18-8-7-9-20(14-18)22(11-5-4-6-12-22)17-24-21(23-2)25(3)15-19-10-13-26-16-19/h7-9,14,19H,4-6,10-13,15-17H2,1-3H3,(H,23,24). The van der Waals surface area contributed by atoms with Crippen LogP contribution in [0.1, 0.15) is 49.7 Å². The second-order valence-corrected chi connectivity index (χ2v) is 8.22. The minimum Gasteiger partial charge on any atom is -0.381 e. The zero-order chi connectivity index (χ0) is 18.4. The second-order valence-electron chi connectivity index (χ2n) is 8.22. The van der Waals surface area contributed by atoms with E-state index in [2.05, 4.69) is 53.4 Å². The van der Waals surface area contributed by atoms with Gasteiger partial charge in [-0.1, -0.05) is 49.1 Å². The van der Waals surface area contributed by atoms with Crippen LogP contribution in [0.15, 0.2) is 29.3 Å². The molecule has 0 amide bonds. The summed E-state index contributed by atoms with van der Waals surface area (Å²) in [5.41, 5.74) is 3.08. The molecule has 2 fully saturated rings. The Morgan fingerprint density at radius 1 is 1.31 bits per heavy atom. The van der Waals surface area contributed by atoms with E-state index in [4.69, 9.17) is 4.74 Å². The lowest BCUT2D eigenvalue weighted by Crippen LogP contribution is -2.48. The minimum atomic E-state index is 0.234. The molecule has 0 bridgehead atoms. The van der Waals surface area contributed by atoms with Gasteiger partial charge in [-0.05, 0) is 31.7 Å². The summed E-state index contributed by atoms with van der Waals surface area (Å²) in [7, 11) is 4.04. The number of aryl methyl sites for hydroxylation is 1. The van der Waals surface area contributed by atoms with Gasteiger partial charge in [-0.25, -0.2) is 0 Å². The smallest absolute Gasteiger partial charge is 0.193 e. The molecule has 1 aliphatic heterocycles. The van der Waals surface area contributed by atoms with E-state index < -0.39 is 0 Å². The highest BCUT2D eigenvalue weighted by molar-refractivity contribution is 5.79. The molecule has 0 radical (unpaired) electrons. The van der Waals surface area contributed by atoms with Crippen LogP contribution in [0.5, 0.6) is 0 Å². The van der Waals surface area contributed by atoms with E-state index >= 15 is 0 Å². The van der Waals surface area contributed by atoms with Crippen molar-refractivity contribution in [2.45, 2.75) is 50.9 Å². The summed E-state index contributed by atoms with van der Waals surface area (Å²) in [6, 6.07) is 9.11. The Hall–Kier alpha value is -1.55. The van der Waals surface area contributed by atoms with Crippen LogP contribution in [0.4, 0.5) is 0 Å². The molecule has 3 rings (SSSR count). The van der Waals surface area contributed by atoms with Gasteiger partial charge in [0.25, 0.3) is 0 Å². The van der Waals surface area contributed by atoms with E-state index in [0.717, 1.165) is 38.7 Å². The molecule has 0 spiro atoms. The third-order valence-electron chi connectivity index (χ3n) is 6.16. The van der Waals surface area contributed by atoms with Crippen molar-refractivity contribution < 1.29 is 4.74 Å². The summed E-state index contributed by atoms with van der Waals surface area (Å²) < 4.78 is 5.52. The first kappa shape index (κ1) is 19.2. The Labute approximate surface area is 159 Å². The van der Waals surface area contributed by atoms with E-state index in [0.29, 0.717) is 5.92 Å². The van der Waals surface area contributed by atoms with Crippen molar-refractivity contribution in [3.63, 3.8) is 0 Å². The maximum Gasteiger partial charge on any atom is 0.193 e. The van der Waals surface area contributed by atoms with Crippen molar-refractivity contribution in [2.75, 3.05) is 40.4 Å². The van der Waals surface area contributed by atoms with Crippen molar-refractivity contribution in [3.8, 4) is 0 Å². The van der Waals surface area contributed by atoms with Crippen LogP contribution in [0.25, 0.3) is 0 Å². The largest absolute Gasteiger partial charge is 0.381 e. The molecule has 1 N–H and O–H groups in total. The molecule has 1 aromatic carbocycles. The number of nitrogens with zero attached hydrogens (tertiary/aromatic N) is 2. The molecular formula is C22H35N3O. The Balaban J connectivity index is 1.68. The summed E-state index contributed by atoms with van der Waals surface area (Å²) in [5.74, 6) is 1.63. The topological polar surface area (TPSA) is 36.9 Å². The van der Waals surface area contributed by atoms with E-state index in [1.54, 1.807) is 0 Å². The average molecular weight is 358 g/mol. The monoisotopic (exact) mass is 357 g/mol. The van der Waals surface area contributed by atoms with Crippen molar-refractivity contribution >= 4 is 5.96 Å². The molecule has 1 aromatic rings. The van der Waals surface area contributed by atoms with Crippen LogP contribution < -0.4 is 5.32 Å². The van der Waals surface area contributed by atoms with Crippen LogP contribution in [0, 0.1) is 12.8 Å². The predicted molar refractivity (Wildman–Crippen MR) is 109 cm³/mol. The Bertz CT molecular complexity index is 601. The highest BCUT2D eigenvalue weighted by atomic mass is 16.5. The lowest BCUT2D eigenvalue weighted by molar-refractivity contribution is 0.181. The first-order valence-corrected chi connectivity index (χ1v) is 10.2. The third kappa shape index (κ3) is 4.59. The highest BCUT2D eigenvalue weighted by Crippen LogP contribution is 2.39. The molecule has 144 valence electrons. The Morgan fingerprint density at radius 3 is 2.77 bits per heavy atom. The summed E-state index contributed by atoms with van der Waals surface area (Å²) in [5, 5.41) is 3.71. The highest BCUT2D eigenvalue weighted by Gasteiger charge is 2.34. The fourth-order valence-corrected chi connectivity index (χ4v) is 4.61. The maximum atomic E-state index is 5.52. The molecule has 1 heterocycles. The molecule has 2 aliphatic rings. The average Bonchev–Trinajstić information content (AvgIpc) is 3.16. The zero-order valence-corrected chi connectivity index (χ0v) is 16.8. The molecule has 1 saturated heterocycles. The van der Waals surface area contributed by atoms with Gasteiger partial charge < -0.3 is 15.0 Å². The molecular weight excluding hydrogens is 322 g/mol. The Kier molecular flexibility index (Phi) is 6.58. The summed E-state index contributed by atoms with van der Waals surface area (Å²) >= 11 is 0. The second kappa shape index (κ2) is 8.90. The van der Waals surface area contributed by atoms with Crippen molar-refractivity contribution in [1.82, 2.24) is 10.2 Å².